The van der Waals surface area contributed by atoms with Crippen LogP contribution in [0.5, 0.6) is 0 Å². The Balaban J connectivity index is 3.90. The lowest BCUT2D eigenvalue weighted by Gasteiger charge is -2.25. The third-order valence-electron chi connectivity index (χ3n) is 13.9. The number of hydrogen-bond donors (Lipinski definition) is 3. The second-order valence-electron chi connectivity index (χ2n) is 22.4. The minimum atomic E-state index is -4.35. The number of carbonyl (C=O) groups is 1. The van der Waals surface area contributed by atoms with Crippen LogP contribution in [0.15, 0.2) is 72.9 Å². The molecule has 1 amide bonds. The zero-order chi connectivity index (χ0) is 54.2. The van der Waals surface area contributed by atoms with Crippen LogP contribution in [0.3, 0.4) is 0 Å². The van der Waals surface area contributed by atoms with Crippen molar-refractivity contribution in [3.63, 3.8) is 0 Å². The van der Waals surface area contributed by atoms with Crippen molar-refractivity contribution in [2.24, 2.45) is 0 Å². The second kappa shape index (κ2) is 55.7. The summed E-state index contributed by atoms with van der Waals surface area (Å²) in [6, 6.07) is -0.862. The van der Waals surface area contributed by atoms with Gasteiger partial charge in [0.1, 0.15) is 13.2 Å². The van der Waals surface area contributed by atoms with Crippen LogP contribution in [0.25, 0.3) is 0 Å². The molecule has 3 atom stereocenters. The largest absolute Gasteiger partial charge is 0.472 e. The molecule has 3 N–H and O–H groups in total. The lowest BCUT2D eigenvalue weighted by molar-refractivity contribution is -0.870. The minimum absolute atomic E-state index is 0.0562. The summed E-state index contributed by atoms with van der Waals surface area (Å²) in [5, 5.41) is 13.9. The fraction of sp³-hybridized carbons (Fsp3) is 0.800. The summed E-state index contributed by atoms with van der Waals surface area (Å²) in [4.78, 5) is 23.3. The van der Waals surface area contributed by atoms with E-state index in [1.165, 1.54) is 199 Å². The zero-order valence-electron chi connectivity index (χ0n) is 49.3. The van der Waals surface area contributed by atoms with E-state index in [2.05, 4.69) is 79.9 Å². The minimum Gasteiger partial charge on any atom is -0.387 e. The van der Waals surface area contributed by atoms with Crippen LogP contribution >= 0.6 is 7.82 Å². The number of allylic oxidation sites excluding steroid dienone is 11. The molecule has 0 aromatic carbocycles. The molecule has 0 aliphatic heterocycles. The maximum Gasteiger partial charge on any atom is 0.472 e. The Labute approximate surface area is 459 Å². The number of hydrogen-bond acceptors (Lipinski definition) is 5. The van der Waals surface area contributed by atoms with Crippen LogP contribution in [0.2, 0.25) is 0 Å². The van der Waals surface area contributed by atoms with Crippen LogP contribution < -0.4 is 5.32 Å². The van der Waals surface area contributed by atoms with Gasteiger partial charge in [0.25, 0.3) is 0 Å². The number of unbranched alkanes of at least 4 members (excludes halogenated alkanes) is 34. The number of phosphoric acid groups is 1. The predicted octanol–water partition coefficient (Wildman–Crippen LogP) is 19.4. The number of carbonyl (C=O) groups excluding carboxylic acids is 1. The first-order valence-electron chi connectivity index (χ1n) is 31.3. The number of nitrogens with one attached hydrogen (secondary N) is 1. The van der Waals surface area contributed by atoms with Gasteiger partial charge in [0.2, 0.25) is 5.91 Å². The molecule has 0 saturated heterocycles. The first-order valence-corrected chi connectivity index (χ1v) is 32.8. The van der Waals surface area contributed by atoms with Crippen LogP contribution in [0.1, 0.15) is 284 Å². The van der Waals surface area contributed by atoms with Crippen molar-refractivity contribution in [2.45, 2.75) is 296 Å². The van der Waals surface area contributed by atoms with Gasteiger partial charge in [0.05, 0.1) is 39.9 Å². The lowest BCUT2D eigenvalue weighted by Crippen LogP contribution is -2.45. The highest BCUT2D eigenvalue weighted by Gasteiger charge is 2.27. The first kappa shape index (κ1) is 71.9. The fourth-order valence-corrected chi connectivity index (χ4v) is 9.79. The molecule has 0 aliphatic rings. The summed E-state index contributed by atoms with van der Waals surface area (Å²) in [7, 11) is 1.56. The summed E-state index contributed by atoms with van der Waals surface area (Å²) in [5.41, 5.74) is 0. The van der Waals surface area contributed by atoms with E-state index in [1.807, 2.05) is 27.2 Å². The number of quaternary nitrogens is 1. The predicted molar refractivity (Wildman–Crippen MR) is 323 cm³/mol. The third-order valence-corrected chi connectivity index (χ3v) is 14.9. The van der Waals surface area contributed by atoms with Gasteiger partial charge in [0, 0.05) is 6.42 Å². The van der Waals surface area contributed by atoms with Crippen molar-refractivity contribution in [1.29, 1.82) is 0 Å². The molecule has 8 nitrogen and oxygen atoms in total. The van der Waals surface area contributed by atoms with Gasteiger partial charge in [0.15, 0.2) is 0 Å². The first-order chi connectivity index (χ1) is 36.0. The van der Waals surface area contributed by atoms with Crippen LogP contribution in [0.4, 0.5) is 0 Å². The normalized spacial score (nSPS) is 14.3. The number of phosphoric ester groups is 1. The summed E-state index contributed by atoms with van der Waals surface area (Å²) >= 11 is 0. The van der Waals surface area contributed by atoms with Gasteiger partial charge in [-0.2, -0.15) is 0 Å². The number of aliphatic hydroxyl groups is 1. The van der Waals surface area contributed by atoms with Gasteiger partial charge < -0.3 is 19.8 Å². The molecule has 3 unspecified atom stereocenters. The second-order valence-corrected chi connectivity index (χ2v) is 23.8. The molecule has 0 fully saturated rings. The molecule has 0 aromatic rings. The Bertz CT molecular complexity index is 1430. The topological polar surface area (TPSA) is 105 Å². The highest BCUT2D eigenvalue weighted by molar-refractivity contribution is 7.47. The van der Waals surface area contributed by atoms with Gasteiger partial charge in [-0.1, -0.05) is 279 Å². The van der Waals surface area contributed by atoms with Crippen molar-refractivity contribution in [2.75, 3.05) is 40.9 Å². The number of nitrogens with zero attached hydrogens (tertiary/aromatic N) is 1. The van der Waals surface area contributed by atoms with Crippen LogP contribution in [0, 0.1) is 0 Å². The van der Waals surface area contributed by atoms with E-state index in [9.17, 15) is 19.4 Å². The Morgan fingerprint density at radius 3 is 1.24 bits per heavy atom. The molecule has 0 bridgehead atoms. The molecule has 0 rings (SSSR count). The van der Waals surface area contributed by atoms with Crippen molar-refractivity contribution in [3.8, 4) is 0 Å². The van der Waals surface area contributed by atoms with E-state index >= 15 is 0 Å². The molecule has 0 aliphatic carbocycles. The summed E-state index contributed by atoms with van der Waals surface area (Å²) in [6.45, 7) is 4.68. The van der Waals surface area contributed by atoms with Crippen molar-refractivity contribution < 1.29 is 32.9 Å². The van der Waals surface area contributed by atoms with E-state index in [4.69, 9.17) is 9.05 Å². The average molecular weight is 1060 g/mol. The lowest BCUT2D eigenvalue weighted by atomic mass is 10.0. The van der Waals surface area contributed by atoms with Crippen molar-refractivity contribution in [1.82, 2.24) is 5.32 Å². The Morgan fingerprint density at radius 2 is 0.824 bits per heavy atom. The highest BCUT2D eigenvalue weighted by Crippen LogP contribution is 2.43. The van der Waals surface area contributed by atoms with Gasteiger partial charge in [-0.15, -0.1) is 0 Å². The maximum absolute atomic E-state index is 13.0. The molecule has 0 aromatic heterocycles. The monoisotopic (exact) mass is 1060 g/mol. The summed E-state index contributed by atoms with van der Waals surface area (Å²) in [6.07, 6.45) is 77.6. The maximum atomic E-state index is 13.0. The average Bonchev–Trinajstić information content (AvgIpc) is 3.36. The molecule has 0 saturated carbocycles. The Hall–Kier alpha value is -2.06. The molecule has 432 valence electrons. The zero-order valence-corrected chi connectivity index (χ0v) is 50.2. The van der Waals surface area contributed by atoms with Gasteiger partial charge in [-0.25, -0.2) is 4.57 Å². The molecule has 0 radical (unpaired) electrons. The van der Waals surface area contributed by atoms with Crippen molar-refractivity contribution in [3.05, 3.63) is 72.9 Å². The number of amides is 1. The van der Waals surface area contributed by atoms with E-state index < -0.39 is 20.0 Å². The smallest absolute Gasteiger partial charge is 0.387 e. The van der Waals surface area contributed by atoms with Gasteiger partial charge >= 0.3 is 7.82 Å². The quantitative estimate of drug-likeness (QED) is 0.0243. The van der Waals surface area contributed by atoms with E-state index in [0.717, 1.165) is 64.2 Å². The number of rotatable bonds is 57. The summed E-state index contributed by atoms with van der Waals surface area (Å²) in [5.74, 6) is -0.184. The summed E-state index contributed by atoms with van der Waals surface area (Å²) < 4.78 is 23.7. The van der Waals surface area contributed by atoms with Crippen molar-refractivity contribution >= 4 is 13.7 Å². The van der Waals surface area contributed by atoms with Crippen LogP contribution in [-0.2, 0) is 18.4 Å². The molecule has 9 heteroatoms. The van der Waals surface area contributed by atoms with Gasteiger partial charge in [-0.3, -0.25) is 13.8 Å². The van der Waals surface area contributed by atoms with Gasteiger partial charge in [-0.05, 0) is 70.6 Å². The van der Waals surface area contributed by atoms with Crippen LogP contribution in [-0.4, -0.2) is 73.4 Å². The molecule has 0 spiro atoms. The Kier molecular flexibility index (Phi) is 54.1. The molecule has 74 heavy (non-hydrogen) atoms. The highest BCUT2D eigenvalue weighted by atomic mass is 31.2. The fourth-order valence-electron chi connectivity index (χ4n) is 9.05. The molecular weight excluding hydrogens is 936 g/mol. The Morgan fingerprint density at radius 1 is 0.473 bits per heavy atom. The number of likely N-dealkylation sites (N-methyl/N-ethyl adjacent to an activating group) is 1. The number of aliphatic hydroxyl groups excluding tert-OH is 1. The van der Waals surface area contributed by atoms with E-state index in [1.54, 1.807) is 6.08 Å². The SMILES string of the molecule is CC/C=C\C/C=C\C/C=C\C/C=C\CCCCCCCCCCCCCCCCCCCCCCCCCCCCC(=O)NC(COP(=O)(O)OCC[N+](C)(C)C)C(O)/C=C/CC/C=C/CCCCCCCCC. The van der Waals surface area contributed by atoms with E-state index in [0.29, 0.717) is 17.4 Å². The van der Waals surface area contributed by atoms with E-state index in [-0.39, 0.29) is 19.1 Å². The molecule has 0 heterocycles. The molecular formula is C65H122N2O6P+. The standard InChI is InChI=1S/C65H121N2O6P/c1-6-8-10-12-14-16-18-20-21-22-23-24-25-26-27-28-29-30-31-32-33-34-35-36-37-38-39-40-41-42-43-44-45-47-49-51-53-55-57-59-65(69)66-63(62-73-74(70,71)72-61-60-67(3,4)5)64(68)58-56-54-52-50-48-46-19-17-15-13-11-9-7-2/h8,10,14,16,20-21,23-24,48,50,56,58,63-64,68H,6-7,9,11-13,15,17-19,22,25-47,49,51-55,57,59-62H2,1-5H3,(H-,66,69,70,71)/p+1/b10-8-,16-14-,21-20-,24-23-,50-48+,58-56+. The third kappa shape index (κ3) is 57.6.